The van der Waals surface area contributed by atoms with Crippen molar-refractivity contribution in [3.63, 3.8) is 0 Å². The average molecular weight is 207 g/mol. The quantitative estimate of drug-likeness (QED) is 0.764. The molecule has 1 atom stereocenters. The van der Waals surface area contributed by atoms with Gasteiger partial charge in [0.05, 0.1) is 12.0 Å². The minimum atomic E-state index is -0.353. The molecule has 2 N–H and O–H groups in total. The summed E-state index contributed by atoms with van der Waals surface area (Å²) in [7, 11) is 0. The summed E-state index contributed by atoms with van der Waals surface area (Å²) in [6.45, 7) is 3.93. The Morgan fingerprint density at radius 3 is 2.40 bits per heavy atom. The van der Waals surface area contributed by atoms with Crippen molar-refractivity contribution in [2.75, 3.05) is 6.54 Å². The molecule has 1 aromatic carbocycles. The summed E-state index contributed by atoms with van der Waals surface area (Å²) in [4.78, 5) is 11.7. The fourth-order valence-corrected chi connectivity index (χ4v) is 1.37. The third-order valence-electron chi connectivity index (χ3n) is 2.07. The molecule has 0 amide bonds. The van der Waals surface area contributed by atoms with Gasteiger partial charge in [-0.2, -0.15) is 0 Å². The molecular formula is C12H17NO2. The molecule has 0 aliphatic heterocycles. The standard InChI is InChI=1S/C12H17NO2/c1-9(2)15-12(14)11(8-13)10-6-4-3-5-7-10/h3-7,9,11H,8,13H2,1-2H3. The maximum Gasteiger partial charge on any atom is 0.314 e. The molecule has 3 heteroatoms. The van der Waals surface area contributed by atoms with E-state index in [-0.39, 0.29) is 24.5 Å². The molecule has 15 heavy (non-hydrogen) atoms. The zero-order chi connectivity index (χ0) is 11.3. The van der Waals surface area contributed by atoms with Crippen molar-refractivity contribution >= 4 is 5.97 Å². The fourth-order valence-electron chi connectivity index (χ4n) is 1.37. The maximum atomic E-state index is 11.7. The molecule has 1 rings (SSSR count). The lowest BCUT2D eigenvalue weighted by molar-refractivity contribution is -0.149. The maximum absolute atomic E-state index is 11.7. The van der Waals surface area contributed by atoms with Crippen LogP contribution < -0.4 is 5.73 Å². The molecule has 1 unspecified atom stereocenters. The predicted molar refractivity (Wildman–Crippen MR) is 59.5 cm³/mol. The monoisotopic (exact) mass is 207 g/mol. The number of carbonyl (C=O) groups excluding carboxylic acids is 1. The van der Waals surface area contributed by atoms with Gasteiger partial charge in [-0.15, -0.1) is 0 Å². The number of nitrogens with two attached hydrogens (primary N) is 1. The van der Waals surface area contributed by atoms with Gasteiger partial charge in [0, 0.05) is 6.54 Å². The van der Waals surface area contributed by atoms with E-state index in [1.807, 2.05) is 44.2 Å². The fraction of sp³-hybridized carbons (Fsp3) is 0.417. The summed E-state index contributed by atoms with van der Waals surface area (Å²) in [5.41, 5.74) is 6.49. The van der Waals surface area contributed by atoms with Gasteiger partial charge in [-0.1, -0.05) is 30.3 Å². The van der Waals surface area contributed by atoms with Crippen LogP contribution in [-0.4, -0.2) is 18.6 Å². The zero-order valence-electron chi connectivity index (χ0n) is 9.14. The van der Waals surface area contributed by atoms with Crippen LogP contribution in [-0.2, 0) is 9.53 Å². The second-order valence-corrected chi connectivity index (χ2v) is 3.68. The van der Waals surface area contributed by atoms with Crippen molar-refractivity contribution in [2.45, 2.75) is 25.9 Å². The lowest BCUT2D eigenvalue weighted by Crippen LogP contribution is -2.25. The van der Waals surface area contributed by atoms with Gasteiger partial charge in [0.15, 0.2) is 0 Å². The van der Waals surface area contributed by atoms with Crippen molar-refractivity contribution in [3.05, 3.63) is 35.9 Å². The van der Waals surface area contributed by atoms with Gasteiger partial charge in [0.2, 0.25) is 0 Å². The highest BCUT2D eigenvalue weighted by molar-refractivity contribution is 5.78. The van der Waals surface area contributed by atoms with Crippen LogP contribution in [0.15, 0.2) is 30.3 Å². The normalized spacial score (nSPS) is 12.5. The van der Waals surface area contributed by atoms with E-state index in [9.17, 15) is 4.79 Å². The van der Waals surface area contributed by atoms with E-state index in [1.165, 1.54) is 0 Å². The van der Waals surface area contributed by atoms with Gasteiger partial charge in [-0.05, 0) is 19.4 Å². The highest BCUT2D eigenvalue weighted by atomic mass is 16.5. The van der Waals surface area contributed by atoms with Gasteiger partial charge < -0.3 is 10.5 Å². The molecule has 0 heterocycles. The van der Waals surface area contributed by atoms with E-state index in [1.54, 1.807) is 0 Å². The SMILES string of the molecule is CC(C)OC(=O)C(CN)c1ccccc1. The van der Waals surface area contributed by atoms with Crippen LogP contribution in [0.5, 0.6) is 0 Å². The largest absolute Gasteiger partial charge is 0.462 e. The molecule has 0 spiro atoms. The smallest absolute Gasteiger partial charge is 0.314 e. The number of carbonyl (C=O) groups is 1. The van der Waals surface area contributed by atoms with Crippen molar-refractivity contribution in [2.24, 2.45) is 5.73 Å². The van der Waals surface area contributed by atoms with Crippen LogP contribution in [0.25, 0.3) is 0 Å². The number of ether oxygens (including phenoxy) is 1. The van der Waals surface area contributed by atoms with Crippen LogP contribution in [0, 0.1) is 0 Å². The van der Waals surface area contributed by atoms with Crippen LogP contribution in [0.1, 0.15) is 25.3 Å². The first-order valence-corrected chi connectivity index (χ1v) is 5.10. The Balaban J connectivity index is 2.76. The molecule has 0 aliphatic carbocycles. The summed E-state index contributed by atoms with van der Waals surface area (Å²) in [6.07, 6.45) is -0.102. The van der Waals surface area contributed by atoms with E-state index in [4.69, 9.17) is 10.5 Å². The number of hydrogen-bond donors (Lipinski definition) is 1. The van der Waals surface area contributed by atoms with Crippen LogP contribution in [0.3, 0.4) is 0 Å². The Morgan fingerprint density at radius 2 is 1.93 bits per heavy atom. The Bertz CT molecular complexity index is 309. The molecule has 0 radical (unpaired) electrons. The van der Waals surface area contributed by atoms with Gasteiger partial charge in [0.25, 0.3) is 0 Å². The van der Waals surface area contributed by atoms with E-state index in [0.717, 1.165) is 5.56 Å². The Hall–Kier alpha value is -1.35. The summed E-state index contributed by atoms with van der Waals surface area (Å²) in [5, 5.41) is 0. The molecule has 0 fully saturated rings. The van der Waals surface area contributed by atoms with E-state index < -0.39 is 0 Å². The topological polar surface area (TPSA) is 52.3 Å². The zero-order valence-corrected chi connectivity index (χ0v) is 9.14. The first-order chi connectivity index (χ1) is 7.15. The van der Waals surface area contributed by atoms with E-state index >= 15 is 0 Å². The van der Waals surface area contributed by atoms with Crippen molar-refractivity contribution in [1.82, 2.24) is 0 Å². The van der Waals surface area contributed by atoms with Gasteiger partial charge in [-0.3, -0.25) is 4.79 Å². The van der Waals surface area contributed by atoms with Gasteiger partial charge >= 0.3 is 5.97 Å². The van der Waals surface area contributed by atoms with Gasteiger partial charge in [0.1, 0.15) is 0 Å². The summed E-state index contributed by atoms with van der Waals surface area (Å²) < 4.78 is 5.14. The van der Waals surface area contributed by atoms with E-state index in [0.29, 0.717) is 0 Å². The number of benzene rings is 1. The van der Waals surface area contributed by atoms with Crippen molar-refractivity contribution in [1.29, 1.82) is 0 Å². The number of rotatable bonds is 4. The predicted octanol–water partition coefficient (Wildman–Crippen LogP) is 1.68. The molecule has 0 aliphatic rings. The first kappa shape index (κ1) is 11.7. The molecule has 0 saturated carbocycles. The molecule has 82 valence electrons. The van der Waals surface area contributed by atoms with Crippen LogP contribution >= 0.6 is 0 Å². The molecule has 3 nitrogen and oxygen atoms in total. The highest BCUT2D eigenvalue weighted by Gasteiger charge is 2.20. The van der Waals surface area contributed by atoms with Crippen LogP contribution in [0.2, 0.25) is 0 Å². The van der Waals surface area contributed by atoms with E-state index in [2.05, 4.69) is 0 Å². The minimum Gasteiger partial charge on any atom is -0.462 e. The summed E-state index contributed by atoms with van der Waals surface area (Å²) in [5.74, 6) is -0.604. The van der Waals surface area contributed by atoms with Crippen molar-refractivity contribution < 1.29 is 9.53 Å². The van der Waals surface area contributed by atoms with Gasteiger partial charge in [-0.25, -0.2) is 0 Å². The molecule has 0 bridgehead atoms. The minimum absolute atomic E-state index is 0.102. The first-order valence-electron chi connectivity index (χ1n) is 5.10. The lowest BCUT2D eigenvalue weighted by atomic mass is 10.00. The second-order valence-electron chi connectivity index (χ2n) is 3.68. The Labute approximate surface area is 90.2 Å². The highest BCUT2D eigenvalue weighted by Crippen LogP contribution is 2.16. The number of esters is 1. The third-order valence-corrected chi connectivity index (χ3v) is 2.07. The summed E-state index contributed by atoms with van der Waals surface area (Å²) >= 11 is 0. The molecule has 1 aromatic rings. The van der Waals surface area contributed by atoms with Crippen molar-refractivity contribution in [3.8, 4) is 0 Å². The lowest BCUT2D eigenvalue weighted by Gasteiger charge is -2.16. The average Bonchev–Trinajstić information content (AvgIpc) is 2.19. The van der Waals surface area contributed by atoms with Crippen LogP contribution in [0.4, 0.5) is 0 Å². The Morgan fingerprint density at radius 1 is 1.33 bits per heavy atom. The molecular weight excluding hydrogens is 190 g/mol. The third kappa shape index (κ3) is 3.36. The molecule has 0 saturated heterocycles. The molecule has 0 aromatic heterocycles. The Kier molecular flexibility index (Phi) is 4.31. The summed E-state index contributed by atoms with van der Waals surface area (Å²) in [6, 6.07) is 9.46. The number of hydrogen-bond acceptors (Lipinski definition) is 3. The second kappa shape index (κ2) is 5.51.